The number of rotatable bonds is 1. The Labute approximate surface area is 142 Å². The van der Waals surface area contributed by atoms with Crippen LogP contribution < -0.4 is 15.1 Å². The maximum atomic E-state index is 13.7. The summed E-state index contributed by atoms with van der Waals surface area (Å²) in [6.45, 7) is 0. The van der Waals surface area contributed by atoms with E-state index in [1.807, 2.05) is 72.8 Å². The van der Waals surface area contributed by atoms with Gasteiger partial charge in [-0.1, -0.05) is 36.4 Å². The van der Waals surface area contributed by atoms with E-state index >= 15 is 0 Å². The molecule has 3 aromatic rings. The first-order valence-corrected chi connectivity index (χ1v) is 9.64. The molecule has 0 bridgehead atoms. The van der Waals surface area contributed by atoms with Crippen LogP contribution in [0.3, 0.4) is 0 Å². The number of benzene rings is 3. The lowest BCUT2D eigenvalue weighted by atomic mass is 10.0. The first-order valence-electron chi connectivity index (χ1n) is 6.93. The SMILES string of the molecule is O=P1(c2ccc(I)cc2)Oc2ccccc2-c2ccccc21. The minimum absolute atomic E-state index is 0.683. The molecule has 108 valence electrons. The molecule has 1 unspecified atom stereocenters. The van der Waals surface area contributed by atoms with Crippen LogP contribution in [-0.4, -0.2) is 0 Å². The van der Waals surface area contributed by atoms with Crippen molar-refractivity contribution < 1.29 is 9.09 Å². The highest BCUT2D eigenvalue weighted by molar-refractivity contribution is 14.1. The van der Waals surface area contributed by atoms with Crippen molar-refractivity contribution in [3.8, 4) is 16.9 Å². The molecule has 0 saturated heterocycles. The van der Waals surface area contributed by atoms with Crippen molar-refractivity contribution in [3.63, 3.8) is 0 Å². The Morgan fingerprint density at radius 2 is 1.41 bits per heavy atom. The van der Waals surface area contributed by atoms with Crippen LogP contribution in [0, 0.1) is 3.57 Å². The van der Waals surface area contributed by atoms with E-state index in [4.69, 9.17) is 4.52 Å². The van der Waals surface area contributed by atoms with E-state index in [9.17, 15) is 4.57 Å². The van der Waals surface area contributed by atoms with Crippen LogP contribution in [0.15, 0.2) is 72.8 Å². The van der Waals surface area contributed by atoms with Crippen molar-refractivity contribution in [2.45, 2.75) is 0 Å². The fourth-order valence-electron chi connectivity index (χ4n) is 2.74. The minimum Gasteiger partial charge on any atom is -0.436 e. The fourth-order valence-corrected chi connectivity index (χ4v) is 5.36. The second-order valence-electron chi connectivity index (χ2n) is 5.13. The van der Waals surface area contributed by atoms with Gasteiger partial charge in [-0.2, -0.15) is 0 Å². The highest BCUT2D eigenvalue weighted by atomic mass is 127. The lowest BCUT2D eigenvalue weighted by Crippen LogP contribution is -2.25. The Kier molecular flexibility index (Phi) is 3.35. The molecule has 1 aliphatic rings. The maximum Gasteiger partial charge on any atom is 0.307 e. The van der Waals surface area contributed by atoms with Crippen LogP contribution in [0.1, 0.15) is 0 Å². The second kappa shape index (κ2) is 5.25. The third-order valence-electron chi connectivity index (χ3n) is 3.79. The van der Waals surface area contributed by atoms with E-state index in [2.05, 4.69) is 22.6 Å². The normalized spacial score (nSPS) is 19.0. The van der Waals surface area contributed by atoms with Crippen molar-refractivity contribution in [2.75, 3.05) is 0 Å². The molecule has 0 aromatic heterocycles. The summed E-state index contributed by atoms with van der Waals surface area (Å²) in [5, 5.41) is 1.50. The Morgan fingerprint density at radius 1 is 0.773 bits per heavy atom. The Bertz CT molecular complexity index is 903. The topological polar surface area (TPSA) is 26.3 Å². The summed E-state index contributed by atoms with van der Waals surface area (Å²) in [5.74, 6) is 0.683. The molecule has 4 rings (SSSR count). The van der Waals surface area contributed by atoms with Gasteiger partial charge in [-0.05, 0) is 64.6 Å². The van der Waals surface area contributed by atoms with Gasteiger partial charge in [0.15, 0.2) is 0 Å². The predicted octanol–water partition coefficient (Wildman–Crippen LogP) is 4.58. The Morgan fingerprint density at radius 3 is 2.18 bits per heavy atom. The lowest BCUT2D eigenvalue weighted by Gasteiger charge is -2.28. The highest BCUT2D eigenvalue weighted by Gasteiger charge is 2.37. The zero-order chi connectivity index (χ0) is 15.2. The van der Waals surface area contributed by atoms with Crippen LogP contribution in [0.5, 0.6) is 5.75 Å². The molecule has 1 atom stereocenters. The number of hydrogen-bond acceptors (Lipinski definition) is 2. The molecule has 0 fully saturated rings. The number of hydrogen-bond donors (Lipinski definition) is 0. The van der Waals surface area contributed by atoms with Gasteiger partial charge in [0, 0.05) is 9.13 Å². The van der Waals surface area contributed by atoms with Crippen LogP contribution in [0.25, 0.3) is 11.1 Å². The summed E-state index contributed by atoms with van der Waals surface area (Å²) >= 11 is 2.24. The van der Waals surface area contributed by atoms with Gasteiger partial charge in [0.1, 0.15) is 5.75 Å². The van der Waals surface area contributed by atoms with Crippen molar-refractivity contribution >= 4 is 40.6 Å². The van der Waals surface area contributed by atoms with Crippen LogP contribution >= 0.6 is 30.0 Å². The fraction of sp³-hybridized carbons (Fsp3) is 0. The quantitative estimate of drug-likeness (QED) is 0.427. The van der Waals surface area contributed by atoms with Gasteiger partial charge in [-0.15, -0.1) is 0 Å². The zero-order valence-corrected chi connectivity index (χ0v) is 14.6. The molecule has 0 aliphatic carbocycles. The largest absolute Gasteiger partial charge is 0.436 e. The number of para-hydroxylation sites is 1. The average Bonchev–Trinajstić information content (AvgIpc) is 2.56. The van der Waals surface area contributed by atoms with Crippen molar-refractivity contribution in [1.82, 2.24) is 0 Å². The van der Waals surface area contributed by atoms with Gasteiger partial charge in [-0.25, -0.2) is 0 Å². The second-order valence-corrected chi connectivity index (χ2v) is 8.66. The smallest absolute Gasteiger partial charge is 0.307 e. The van der Waals surface area contributed by atoms with Gasteiger partial charge in [0.25, 0.3) is 0 Å². The first kappa shape index (κ1) is 14.0. The molecule has 0 spiro atoms. The van der Waals surface area contributed by atoms with Crippen molar-refractivity contribution in [2.24, 2.45) is 0 Å². The molecule has 0 saturated carbocycles. The van der Waals surface area contributed by atoms with E-state index in [0.717, 1.165) is 25.3 Å². The van der Waals surface area contributed by atoms with E-state index < -0.39 is 7.37 Å². The van der Waals surface area contributed by atoms with Crippen LogP contribution in [-0.2, 0) is 4.57 Å². The highest BCUT2D eigenvalue weighted by Crippen LogP contribution is 2.53. The van der Waals surface area contributed by atoms with E-state index in [1.165, 1.54) is 0 Å². The van der Waals surface area contributed by atoms with E-state index in [0.29, 0.717) is 5.75 Å². The molecule has 1 heterocycles. The summed E-state index contributed by atoms with van der Waals surface area (Å²) in [7, 11) is -3.11. The molecular weight excluding hydrogens is 406 g/mol. The molecule has 22 heavy (non-hydrogen) atoms. The monoisotopic (exact) mass is 418 g/mol. The van der Waals surface area contributed by atoms with Gasteiger partial charge in [-0.3, -0.25) is 4.57 Å². The van der Waals surface area contributed by atoms with Crippen LogP contribution in [0.4, 0.5) is 0 Å². The summed E-state index contributed by atoms with van der Waals surface area (Å²) in [6.07, 6.45) is 0. The minimum atomic E-state index is -3.11. The maximum absolute atomic E-state index is 13.7. The van der Waals surface area contributed by atoms with Crippen LogP contribution in [0.2, 0.25) is 0 Å². The molecule has 1 aliphatic heterocycles. The molecular formula is C18H12IO2P. The van der Waals surface area contributed by atoms with Gasteiger partial charge >= 0.3 is 7.37 Å². The molecule has 0 radical (unpaired) electrons. The summed E-state index contributed by atoms with van der Waals surface area (Å²) in [4.78, 5) is 0. The van der Waals surface area contributed by atoms with Gasteiger partial charge < -0.3 is 4.52 Å². The predicted molar refractivity (Wildman–Crippen MR) is 98.5 cm³/mol. The van der Waals surface area contributed by atoms with Crippen molar-refractivity contribution in [3.05, 3.63) is 76.4 Å². The number of halogens is 1. The van der Waals surface area contributed by atoms with E-state index in [-0.39, 0.29) is 0 Å². The third-order valence-corrected chi connectivity index (χ3v) is 6.97. The molecule has 3 aromatic carbocycles. The lowest BCUT2D eigenvalue weighted by molar-refractivity contribution is 0.501. The number of fused-ring (bicyclic) bond motifs is 3. The van der Waals surface area contributed by atoms with E-state index in [1.54, 1.807) is 0 Å². The molecule has 0 N–H and O–H groups in total. The molecule has 2 nitrogen and oxygen atoms in total. The van der Waals surface area contributed by atoms with Gasteiger partial charge in [0.2, 0.25) is 0 Å². The third kappa shape index (κ3) is 2.11. The summed E-state index contributed by atoms with van der Waals surface area (Å²) < 4.78 is 20.8. The van der Waals surface area contributed by atoms with Gasteiger partial charge in [0.05, 0.1) is 10.6 Å². The summed E-state index contributed by atoms with van der Waals surface area (Å²) in [5.41, 5.74) is 1.99. The zero-order valence-electron chi connectivity index (χ0n) is 11.6. The average molecular weight is 418 g/mol. The molecule has 4 heteroatoms. The summed E-state index contributed by atoms with van der Waals surface area (Å²) in [6, 6.07) is 23.3. The first-order chi connectivity index (χ1) is 10.7. The standard InChI is InChI=1S/C18H12IO2P/c19-13-9-11-14(12-10-13)22(20)18-8-4-2-6-16(18)15-5-1-3-7-17(15)21-22/h1-12H. The Hall–Kier alpha value is -1.58. The molecule has 0 amide bonds. The Balaban J connectivity index is 2.00. The van der Waals surface area contributed by atoms with Crippen molar-refractivity contribution in [1.29, 1.82) is 0 Å².